The molecule has 1 aliphatic heterocycles. The monoisotopic (exact) mass is 228 g/mol. The number of alkyl halides is 1. The van der Waals surface area contributed by atoms with Crippen LogP contribution in [0.3, 0.4) is 0 Å². The molecule has 0 saturated carbocycles. The minimum absolute atomic E-state index is 0.986. The molecule has 5 atom stereocenters. The Labute approximate surface area is 71.4 Å². The predicted molar refractivity (Wildman–Crippen MR) is 37.8 cm³/mol. The number of hydrogen-bond acceptors (Lipinski definition) is 5. The van der Waals surface area contributed by atoms with Crippen molar-refractivity contribution in [2.45, 2.75) is 29.6 Å². The summed E-state index contributed by atoms with van der Waals surface area (Å²) in [5.41, 5.74) is 0. The van der Waals surface area contributed by atoms with Crippen molar-refractivity contribution in [2.75, 3.05) is 0 Å². The Kier molecular flexibility index (Phi) is 2.84. The molecule has 0 amide bonds. The van der Waals surface area contributed by atoms with Gasteiger partial charge in [-0.3, -0.25) is 0 Å². The average molecular weight is 229 g/mol. The summed E-state index contributed by atoms with van der Waals surface area (Å²) in [5.74, 6) is 0. The quantitative estimate of drug-likeness (QED) is 0.396. The Morgan fingerprint density at radius 2 is 1.73 bits per heavy atom. The zero-order chi connectivity index (χ0) is 8.59. The molecular formula is C5H9BrO5. The van der Waals surface area contributed by atoms with Gasteiger partial charge in [0, 0.05) is 0 Å². The third-order valence-corrected chi connectivity index (χ3v) is 2.07. The molecule has 1 fully saturated rings. The van der Waals surface area contributed by atoms with Crippen molar-refractivity contribution in [1.82, 2.24) is 0 Å². The van der Waals surface area contributed by atoms with Crippen LogP contribution < -0.4 is 0 Å². The van der Waals surface area contributed by atoms with Gasteiger partial charge in [-0.1, -0.05) is 15.9 Å². The number of aliphatic hydroxyl groups is 4. The fourth-order valence-electron chi connectivity index (χ4n) is 0.913. The molecule has 1 rings (SSSR count). The Hall–Kier alpha value is 0.280. The Morgan fingerprint density at radius 3 is 1.91 bits per heavy atom. The molecule has 2 unspecified atom stereocenters. The van der Waals surface area contributed by atoms with Gasteiger partial charge < -0.3 is 25.2 Å². The minimum atomic E-state index is -1.43. The highest BCUT2D eigenvalue weighted by atomic mass is 79.9. The van der Waals surface area contributed by atoms with E-state index in [9.17, 15) is 0 Å². The van der Waals surface area contributed by atoms with E-state index in [2.05, 4.69) is 20.7 Å². The van der Waals surface area contributed by atoms with Crippen molar-refractivity contribution in [3.63, 3.8) is 0 Å². The van der Waals surface area contributed by atoms with Gasteiger partial charge in [0.1, 0.15) is 23.3 Å². The fourth-order valence-corrected chi connectivity index (χ4v) is 1.35. The number of halogens is 1. The lowest BCUT2D eigenvalue weighted by Crippen LogP contribution is -2.36. The molecule has 1 aliphatic rings. The van der Waals surface area contributed by atoms with Gasteiger partial charge in [0.2, 0.25) is 0 Å². The second-order valence-electron chi connectivity index (χ2n) is 2.35. The van der Waals surface area contributed by atoms with Crippen LogP contribution in [0.2, 0.25) is 0 Å². The van der Waals surface area contributed by atoms with Crippen molar-refractivity contribution in [3.8, 4) is 0 Å². The van der Waals surface area contributed by atoms with Crippen LogP contribution in [0.1, 0.15) is 0 Å². The van der Waals surface area contributed by atoms with Crippen molar-refractivity contribution in [1.29, 1.82) is 0 Å². The maximum absolute atomic E-state index is 9.07. The molecule has 0 aromatic heterocycles. The Morgan fingerprint density at radius 1 is 1.18 bits per heavy atom. The Bertz CT molecular complexity index is 141. The van der Waals surface area contributed by atoms with E-state index < -0.39 is 29.6 Å². The molecule has 0 bridgehead atoms. The van der Waals surface area contributed by atoms with E-state index in [1.54, 1.807) is 0 Å². The average Bonchev–Trinajstić information content (AvgIpc) is 2.17. The van der Waals surface area contributed by atoms with Crippen LogP contribution >= 0.6 is 15.9 Å². The van der Waals surface area contributed by atoms with Crippen molar-refractivity contribution in [3.05, 3.63) is 0 Å². The lowest BCUT2D eigenvalue weighted by molar-refractivity contribution is -0.135. The lowest BCUT2D eigenvalue weighted by Gasteiger charge is -2.14. The van der Waals surface area contributed by atoms with Crippen LogP contribution in [-0.4, -0.2) is 50.0 Å². The molecule has 66 valence electrons. The van der Waals surface area contributed by atoms with Crippen molar-refractivity contribution < 1.29 is 25.2 Å². The van der Waals surface area contributed by atoms with E-state index in [0.29, 0.717) is 0 Å². The second-order valence-corrected chi connectivity index (χ2v) is 3.28. The van der Waals surface area contributed by atoms with Crippen LogP contribution in [0, 0.1) is 0 Å². The summed E-state index contributed by atoms with van der Waals surface area (Å²) in [6.45, 7) is 0. The largest absolute Gasteiger partial charge is 0.387 e. The predicted octanol–water partition coefficient (Wildman–Crippen LogP) is -1.86. The smallest absolute Gasteiger partial charge is 0.184 e. The van der Waals surface area contributed by atoms with Gasteiger partial charge in [0.05, 0.1) is 0 Å². The molecule has 4 N–H and O–H groups in total. The van der Waals surface area contributed by atoms with Gasteiger partial charge in [0.15, 0.2) is 6.29 Å². The fraction of sp³-hybridized carbons (Fsp3) is 1.00. The summed E-state index contributed by atoms with van der Waals surface area (Å²) in [4.78, 5) is 0. The third kappa shape index (κ3) is 1.71. The molecule has 0 aromatic carbocycles. The summed E-state index contributed by atoms with van der Waals surface area (Å²) in [7, 11) is 0. The highest BCUT2D eigenvalue weighted by Gasteiger charge is 2.44. The molecule has 1 saturated heterocycles. The summed E-state index contributed by atoms with van der Waals surface area (Å²) in [6, 6.07) is 0. The zero-order valence-electron chi connectivity index (χ0n) is 5.46. The third-order valence-electron chi connectivity index (χ3n) is 1.55. The number of aliphatic hydroxyl groups excluding tert-OH is 4. The van der Waals surface area contributed by atoms with E-state index in [0.717, 1.165) is 0 Å². The van der Waals surface area contributed by atoms with Crippen molar-refractivity contribution in [2.24, 2.45) is 0 Å². The highest BCUT2D eigenvalue weighted by Crippen LogP contribution is 2.24. The normalized spacial score (nSPS) is 47.7. The minimum Gasteiger partial charge on any atom is -0.387 e. The molecule has 0 aliphatic carbocycles. The van der Waals surface area contributed by atoms with Gasteiger partial charge in [-0.2, -0.15) is 0 Å². The first-order valence-corrected chi connectivity index (χ1v) is 3.97. The van der Waals surface area contributed by atoms with E-state index >= 15 is 0 Å². The summed E-state index contributed by atoms with van der Waals surface area (Å²) >= 11 is 2.74. The van der Waals surface area contributed by atoms with E-state index in [1.165, 1.54) is 0 Å². The molecule has 5 nitrogen and oxygen atoms in total. The summed E-state index contributed by atoms with van der Waals surface area (Å²) in [6.07, 6.45) is -5.03. The van der Waals surface area contributed by atoms with E-state index in [-0.39, 0.29) is 0 Å². The Balaban J connectivity index is 2.59. The molecule has 0 spiro atoms. The second kappa shape index (κ2) is 3.34. The van der Waals surface area contributed by atoms with Gasteiger partial charge in [-0.25, -0.2) is 0 Å². The van der Waals surface area contributed by atoms with Crippen molar-refractivity contribution >= 4 is 15.9 Å². The van der Waals surface area contributed by atoms with E-state index in [1.807, 2.05) is 0 Å². The number of ether oxygens (including phenoxy) is 1. The molecule has 1 heterocycles. The van der Waals surface area contributed by atoms with Crippen LogP contribution in [-0.2, 0) is 4.74 Å². The van der Waals surface area contributed by atoms with Gasteiger partial charge in [-0.15, -0.1) is 0 Å². The number of hydrogen-bond donors (Lipinski definition) is 4. The zero-order valence-corrected chi connectivity index (χ0v) is 7.05. The summed E-state index contributed by atoms with van der Waals surface area (Å²) in [5, 5.41) is 34.6. The SMILES string of the molecule is OC(Br)[C@H]1OC(O)[C@H](O)[C@H]1O. The molecule has 6 heteroatoms. The number of rotatable bonds is 1. The maximum Gasteiger partial charge on any atom is 0.184 e. The molecule has 0 aromatic rings. The maximum atomic E-state index is 9.07. The summed E-state index contributed by atoms with van der Waals surface area (Å²) < 4.78 is 4.61. The lowest BCUT2D eigenvalue weighted by atomic mass is 10.1. The first kappa shape index (κ1) is 9.37. The van der Waals surface area contributed by atoms with E-state index in [4.69, 9.17) is 20.4 Å². The molecular weight excluding hydrogens is 220 g/mol. The molecule has 11 heavy (non-hydrogen) atoms. The molecule has 0 radical (unpaired) electrons. The van der Waals surface area contributed by atoms with Crippen LogP contribution in [0.5, 0.6) is 0 Å². The van der Waals surface area contributed by atoms with Gasteiger partial charge >= 0.3 is 0 Å². The van der Waals surface area contributed by atoms with Gasteiger partial charge in [0.25, 0.3) is 0 Å². The standard InChI is InChI=1S/C5H9BrO5/c6-4(9)3-1(7)2(8)5(10)11-3/h1-5,7-10H/t1-,2-,3+,4?,5?/m1/s1. The topological polar surface area (TPSA) is 90.2 Å². The van der Waals surface area contributed by atoms with Crippen LogP contribution in [0.4, 0.5) is 0 Å². The first-order chi connectivity index (χ1) is 5.04. The van der Waals surface area contributed by atoms with Gasteiger partial charge in [-0.05, 0) is 0 Å². The highest BCUT2D eigenvalue weighted by molar-refractivity contribution is 9.09. The van der Waals surface area contributed by atoms with Crippen LogP contribution in [0.15, 0.2) is 0 Å². The first-order valence-electron chi connectivity index (χ1n) is 3.06. The van der Waals surface area contributed by atoms with Crippen LogP contribution in [0.25, 0.3) is 0 Å².